The zero-order valence-corrected chi connectivity index (χ0v) is 10.2. The summed E-state index contributed by atoms with van der Waals surface area (Å²) in [6.07, 6.45) is 3.50. The van der Waals surface area contributed by atoms with E-state index in [9.17, 15) is 4.79 Å². The molecule has 17 heavy (non-hydrogen) atoms. The lowest BCUT2D eigenvalue weighted by atomic mass is 10.0. The lowest BCUT2D eigenvalue weighted by Gasteiger charge is -2.22. The summed E-state index contributed by atoms with van der Waals surface area (Å²) in [6.45, 7) is 5.51. The molecule has 1 fully saturated rings. The molecular formula is C13H17N3O. The molecule has 2 rings (SSSR count). The molecule has 1 aromatic heterocycles. The fraction of sp³-hybridized carbons (Fsp3) is 0.385. The van der Waals surface area contributed by atoms with E-state index in [1.54, 1.807) is 12.4 Å². The van der Waals surface area contributed by atoms with Gasteiger partial charge in [0.2, 0.25) is 5.91 Å². The highest BCUT2D eigenvalue weighted by atomic mass is 16.1. The smallest absolute Gasteiger partial charge is 0.247 e. The minimum Gasteiger partial charge on any atom is -0.346 e. The second-order valence-corrected chi connectivity index (χ2v) is 4.31. The van der Waals surface area contributed by atoms with Crippen molar-refractivity contribution in [2.24, 2.45) is 0 Å². The van der Waals surface area contributed by atoms with Crippen LogP contribution in [0.25, 0.3) is 0 Å². The van der Waals surface area contributed by atoms with E-state index in [-0.39, 0.29) is 11.9 Å². The average Bonchev–Trinajstić information content (AvgIpc) is 2.27. The van der Waals surface area contributed by atoms with Crippen LogP contribution in [0.3, 0.4) is 0 Å². The molecular weight excluding hydrogens is 214 g/mol. The number of carbonyl (C=O) groups excluding carboxylic acids is 1. The first kappa shape index (κ1) is 11.8. The Labute approximate surface area is 101 Å². The molecule has 2 heterocycles. The summed E-state index contributed by atoms with van der Waals surface area (Å²) in [4.78, 5) is 16.0. The number of nitrogens with zero attached hydrogens (tertiary/aromatic N) is 1. The molecule has 0 saturated carbocycles. The Bertz CT molecular complexity index is 433. The van der Waals surface area contributed by atoms with Gasteiger partial charge in [0.05, 0.1) is 6.04 Å². The Morgan fingerprint density at radius 2 is 2.29 bits per heavy atom. The van der Waals surface area contributed by atoms with Gasteiger partial charge in [-0.25, -0.2) is 0 Å². The van der Waals surface area contributed by atoms with Gasteiger partial charge in [-0.1, -0.05) is 6.07 Å². The normalized spacial score (nSPS) is 16.0. The van der Waals surface area contributed by atoms with Gasteiger partial charge in [0.1, 0.15) is 0 Å². The van der Waals surface area contributed by atoms with Crippen molar-refractivity contribution >= 4 is 5.91 Å². The van der Waals surface area contributed by atoms with E-state index in [0.29, 0.717) is 0 Å². The number of aromatic nitrogens is 1. The van der Waals surface area contributed by atoms with Gasteiger partial charge >= 0.3 is 0 Å². The third-order valence-corrected chi connectivity index (χ3v) is 3.08. The summed E-state index contributed by atoms with van der Waals surface area (Å²) in [6, 6.07) is 3.82. The monoisotopic (exact) mass is 231 g/mol. The maximum Gasteiger partial charge on any atom is 0.247 e. The fourth-order valence-electron chi connectivity index (χ4n) is 1.70. The first-order valence-corrected chi connectivity index (χ1v) is 5.78. The van der Waals surface area contributed by atoms with Crippen LogP contribution < -0.4 is 10.6 Å². The molecule has 0 aliphatic carbocycles. The third kappa shape index (κ3) is 2.71. The van der Waals surface area contributed by atoms with Crippen LogP contribution in [0, 0.1) is 0 Å². The largest absolute Gasteiger partial charge is 0.346 e. The van der Waals surface area contributed by atoms with Gasteiger partial charge in [-0.3, -0.25) is 9.78 Å². The minimum atomic E-state index is -0.0141. The fourth-order valence-corrected chi connectivity index (χ4v) is 1.70. The quantitative estimate of drug-likeness (QED) is 0.768. The number of hydrogen-bond acceptors (Lipinski definition) is 3. The van der Waals surface area contributed by atoms with Crippen molar-refractivity contribution in [3.05, 3.63) is 41.2 Å². The van der Waals surface area contributed by atoms with Crippen LogP contribution in [0.4, 0.5) is 0 Å². The van der Waals surface area contributed by atoms with Gasteiger partial charge in [-0.05, 0) is 31.1 Å². The van der Waals surface area contributed by atoms with E-state index >= 15 is 0 Å². The lowest BCUT2D eigenvalue weighted by Crippen LogP contribution is -2.38. The summed E-state index contributed by atoms with van der Waals surface area (Å²) in [5.74, 6) is 0.0119. The average molecular weight is 231 g/mol. The Morgan fingerprint density at radius 3 is 2.82 bits per heavy atom. The van der Waals surface area contributed by atoms with E-state index in [4.69, 9.17) is 0 Å². The van der Waals surface area contributed by atoms with Crippen molar-refractivity contribution in [3.63, 3.8) is 0 Å². The zero-order valence-electron chi connectivity index (χ0n) is 10.2. The molecule has 1 aliphatic rings. The summed E-state index contributed by atoms with van der Waals surface area (Å²) in [7, 11) is 0. The van der Waals surface area contributed by atoms with Crippen molar-refractivity contribution in [1.29, 1.82) is 0 Å². The first-order valence-electron chi connectivity index (χ1n) is 5.78. The number of amides is 1. The summed E-state index contributed by atoms with van der Waals surface area (Å²) < 4.78 is 0. The predicted molar refractivity (Wildman–Crippen MR) is 66.4 cm³/mol. The van der Waals surface area contributed by atoms with E-state index in [2.05, 4.69) is 15.6 Å². The number of hydrogen-bond donors (Lipinski definition) is 2. The van der Waals surface area contributed by atoms with Crippen LogP contribution in [0.5, 0.6) is 0 Å². The Hall–Kier alpha value is -1.68. The molecule has 0 bridgehead atoms. The molecule has 4 nitrogen and oxygen atoms in total. The van der Waals surface area contributed by atoms with Crippen molar-refractivity contribution in [2.75, 3.05) is 13.1 Å². The zero-order chi connectivity index (χ0) is 12.3. The van der Waals surface area contributed by atoms with Crippen molar-refractivity contribution in [2.45, 2.75) is 19.9 Å². The van der Waals surface area contributed by atoms with Crippen LogP contribution in [-0.4, -0.2) is 24.0 Å². The number of carbonyl (C=O) groups is 1. The molecule has 1 amide bonds. The predicted octanol–water partition coefficient (Wildman–Crippen LogP) is 1.18. The van der Waals surface area contributed by atoms with Crippen LogP contribution in [0.1, 0.15) is 25.5 Å². The van der Waals surface area contributed by atoms with Crippen LogP contribution in [0.2, 0.25) is 0 Å². The molecule has 1 saturated heterocycles. The SMILES string of the molecule is CC(C(=O)N[C@H](C)c1cccnc1)=C1CNC1. The topological polar surface area (TPSA) is 54.0 Å². The molecule has 1 aromatic rings. The van der Waals surface area contributed by atoms with Gasteiger partial charge in [-0.15, -0.1) is 0 Å². The van der Waals surface area contributed by atoms with Crippen LogP contribution in [-0.2, 0) is 4.79 Å². The molecule has 0 aromatic carbocycles. The van der Waals surface area contributed by atoms with Crippen molar-refractivity contribution < 1.29 is 4.79 Å². The Morgan fingerprint density at radius 1 is 1.53 bits per heavy atom. The van der Waals surface area contributed by atoms with Gasteiger partial charge in [0, 0.05) is 31.1 Å². The molecule has 0 radical (unpaired) electrons. The molecule has 90 valence electrons. The standard InChI is InChI=1S/C13H17N3O/c1-9(12-7-15-8-12)13(17)16-10(2)11-4-3-5-14-6-11/h3-6,10,15H,7-8H2,1-2H3,(H,16,17)/t10-/m1/s1. The highest BCUT2D eigenvalue weighted by Gasteiger charge is 2.17. The molecule has 4 heteroatoms. The Kier molecular flexibility index (Phi) is 3.54. The van der Waals surface area contributed by atoms with Gasteiger partial charge in [0.15, 0.2) is 0 Å². The van der Waals surface area contributed by atoms with E-state index in [1.807, 2.05) is 26.0 Å². The summed E-state index contributed by atoms with van der Waals surface area (Å²) in [5.41, 5.74) is 3.05. The van der Waals surface area contributed by atoms with E-state index in [1.165, 1.54) is 5.57 Å². The van der Waals surface area contributed by atoms with Crippen LogP contribution in [0.15, 0.2) is 35.7 Å². The van der Waals surface area contributed by atoms with Gasteiger partial charge in [-0.2, -0.15) is 0 Å². The lowest BCUT2D eigenvalue weighted by molar-refractivity contribution is -0.118. The van der Waals surface area contributed by atoms with Gasteiger partial charge in [0.25, 0.3) is 0 Å². The molecule has 0 unspecified atom stereocenters. The number of pyridine rings is 1. The maximum atomic E-state index is 11.9. The maximum absolute atomic E-state index is 11.9. The number of rotatable bonds is 3. The van der Waals surface area contributed by atoms with Crippen LogP contribution >= 0.6 is 0 Å². The van der Waals surface area contributed by atoms with Crippen molar-refractivity contribution in [1.82, 2.24) is 15.6 Å². The second-order valence-electron chi connectivity index (χ2n) is 4.31. The number of nitrogens with one attached hydrogen (secondary N) is 2. The highest BCUT2D eigenvalue weighted by molar-refractivity contribution is 5.94. The van der Waals surface area contributed by atoms with E-state index in [0.717, 1.165) is 24.2 Å². The van der Waals surface area contributed by atoms with E-state index < -0.39 is 0 Å². The van der Waals surface area contributed by atoms with Crippen molar-refractivity contribution in [3.8, 4) is 0 Å². The molecule has 2 N–H and O–H groups in total. The summed E-state index contributed by atoms with van der Waals surface area (Å²) in [5, 5.41) is 6.11. The third-order valence-electron chi connectivity index (χ3n) is 3.08. The van der Waals surface area contributed by atoms with Gasteiger partial charge < -0.3 is 10.6 Å². The first-order chi connectivity index (χ1) is 8.18. The summed E-state index contributed by atoms with van der Waals surface area (Å²) >= 11 is 0. The molecule has 1 atom stereocenters. The highest BCUT2D eigenvalue weighted by Crippen LogP contribution is 2.13. The Balaban J connectivity index is 1.99. The minimum absolute atomic E-state index is 0.0119. The molecule has 1 aliphatic heterocycles. The second kappa shape index (κ2) is 5.10. The molecule has 0 spiro atoms.